The zero-order chi connectivity index (χ0) is 22.7. The zero-order valence-corrected chi connectivity index (χ0v) is 18.6. The Balaban J connectivity index is 1.41. The molecule has 2 heterocycles. The molecule has 7 heteroatoms. The van der Waals surface area contributed by atoms with Gasteiger partial charge in [0.25, 0.3) is 5.91 Å². The van der Waals surface area contributed by atoms with Crippen LogP contribution < -0.4 is 10.6 Å². The van der Waals surface area contributed by atoms with Crippen LogP contribution in [0, 0.1) is 6.92 Å². The van der Waals surface area contributed by atoms with E-state index in [-0.39, 0.29) is 18.5 Å². The van der Waals surface area contributed by atoms with Crippen molar-refractivity contribution in [2.75, 3.05) is 26.2 Å². The van der Waals surface area contributed by atoms with Gasteiger partial charge in [-0.15, -0.1) is 0 Å². The van der Waals surface area contributed by atoms with Crippen molar-refractivity contribution < 1.29 is 14.4 Å². The fourth-order valence-electron chi connectivity index (χ4n) is 4.52. The summed E-state index contributed by atoms with van der Waals surface area (Å²) in [6.07, 6.45) is 2.30. The number of likely N-dealkylation sites (tertiary alicyclic amines) is 1. The average molecular weight is 435 g/mol. The highest BCUT2D eigenvalue weighted by atomic mass is 16.2. The monoisotopic (exact) mass is 434 g/mol. The fourth-order valence-corrected chi connectivity index (χ4v) is 4.52. The first-order valence-corrected chi connectivity index (χ1v) is 11.2. The smallest absolute Gasteiger partial charge is 0.325 e. The molecule has 32 heavy (non-hydrogen) atoms. The Morgan fingerprint density at radius 1 is 1.06 bits per heavy atom. The second kappa shape index (κ2) is 9.12. The lowest BCUT2D eigenvalue weighted by Gasteiger charge is -2.28. The zero-order valence-electron chi connectivity index (χ0n) is 18.6. The maximum Gasteiger partial charge on any atom is 0.325 e. The summed E-state index contributed by atoms with van der Waals surface area (Å²) >= 11 is 0. The number of imide groups is 1. The molecule has 2 aliphatic heterocycles. The van der Waals surface area contributed by atoms with Gasteiger partial charge in [0.1, 0.15) is 12.1 Å². The lowest BCUT2D eigenvalue weighted by Crippen LogP contribution is -2.45. The van der Waals surface area contributed by atoms with Gasteiger partial charge in [0.15, 0.2) is 0 Å². The maximum absolute atomic E-state index is 13.1. The van der Waals surface area contributed by atoms with Crippen LogP contribution in [-0.2, 0) is 15.1 Å². The van der Waals surface area contributed by atoms with Crippen molar-refractivity contribution in [3.05, 3.63) is 71.3 Å². The minimum atomic E-state index is -1.17. The average Bonchev–Trinajstić information content (AvgIpc) is 3.39. The molecule has 0 bridgehead atoms. The summed E-state index contributed by atoms with van der Waals surface area (Å²) in [4.78, 5) is 41.7. The molecule has 2 N–H and O–H groups in total. The molecule has 2 atom stereocenters. The number of hydrogen-bond acceptors (Lipinski definition) is 4. The molecule has 2 aliphatic rings. The molecule has 7 nitrogen and oxygen atoms in total. The molecule has 0 saturated carbocycles. The summed E-state index contributed by atoms with van der Waals surface area (Å²) in [5, 5.41) is 5.70. The summed E-state index contributed by atoms with van der Waals surface area (Å²) < 4.78 is 0. The van der Waals surface area contributed by atoms with E-state index in [1.165, 1.54) is 0 Å². The van der Waals surface area contributed by atoms with Crippen molar-refractivity contribution in [1.29, 1.82) is 0 Å². The number of carbonyl (C=O) groups is 3. The van der Waals surface area contributed by atoms with Crippen LogP contribution in [0.4, 0.5) is 4.79 Å². The largest absolute Gasteiger partial charge is 0.353 e. The number of rotatable bonds is 7. The van der Waals surface area contributed by atoms with E-state index < -0.39 is 17.5 Å². The fraction of sp³-hybridized carbons (Fsp3) is 0.400. The Hall–Kier alpha value is -3.19. The standard InChI is InChI=1S/C25H30N4O3/c1-18-10-12-20(13-11-18)25(2)23(31)29(24(32)27-25)17-22(30)26-16-21(28-14-6-7-15-28)19-8-4-3-5-9-19/h3-5,8-13,21H,6-7,14-17H2,1-2H3,(H,26,30)(H,27,32)/t21-,25-/m0/s1. The number of benzene rings is 2. The molecule has 2 fully saturated rings. The third-order valence-electron chi connectivity index (χ3n) is 6.46. The van der Waals surface area contributed by atoms with E-state index >= 15 is 0 Å². The summed E-state index contributed by atoms with van der Waals surface area (Å²) in [5.41, 5.74) is 1.74. The minimum Gasteiger partial charge on any atom is -0.353 e. The quantitative estimate of drug-likeness (QED) is 0.657. The molecule has 4 amide bonds. The number of amides is 4. The van der Waals surface area contributed by atoms with Crippen LogP contribution in [0.3, 0.4) is 0 Å². The highest BCUT2D eigenvalue weighted by molar-refractivity contribution is 6.09. The number of aryl methyl sites for hydroxylation is 1. The third kappa shape index (κ3) is 4.39. The van der Waals surface area contributed by atoms with Crippen molar-refractivity contribution in [1.82, 2.24) is 20.4 Å². The van der Waals surface area contributed by atoms with Crippen LogP contribution in [-0.4, -0.2) is 53.8 Å². The first-order chi connectivity index (χ1) is 15.4. The Bertz CT molecular complexity index is 986. The van der Waals surface area contributed by atoms with E-state index in [0.29, 0.717) is 12.1 Å². The lowest BCUT2D eigenvalue weighted by atomic mass is 9.91. The highest BCUT2D eigenvalue weighted by Gasteiger charge is 2.49. The van der Waals surface area contributed by atoms with Crippen molar-refractivity contribution in [2.45, 2.75) is 38.3 Å². The van der Waals surface area contributed by atoms with Gasteiger partial charge in [0.05, 0.1) is 6.04 Å². The Kier molecular flexibility index (Phi) is 6.28. The number of carbonyl (C=O) groups excluding carboxylic acids is 3. The molecule has 0 radical (unpaired) electrons. The summed E-state index contributed by atoms with van der Waals surface area (Å²) in [6, 6.07) is 17.1. The number of nitrogens with zero attached hydrogens (tertiary/aromatic N) is 2. The van der Waals surface area contributed by atoms with Crippen molar-refractivity contribution in [2.24, 2.45) is 0 Å². The van der Waals surface area contributed by atoms with Gasteiger partial charge in [-0.25, -0.2) is 4.79 Å². The Morgan fingerprint density at radius 2 is 1.72 bits per heavy atom. The first kappa shape index (κ1) is 22.0. The van der Waals surface area contributed by atoms with E-state index in [0.717, 1.165) is 42.0 Å². The second-order valence-electron chi connectivity index (χ2n) is 8.79. The van der Waals surface area contributed by atoms with E-state index in [2.05, 4.69) is 27.7 Å². The molecule has 0 spiro atoms. The van der Waals surface area contributed by atoms with Gasteiger partial charge < -0.3 is 10.6 Å². The van der Waals surface area contributed by atoms with Crippen LogP contribution in [0.1, 0.15) is 42.5 Å². The van der Waals surface area contributed by atoms with Crippen LogP contribution >= 0.6 is 0 Å². The first-order valence-electron chi connectivity index (χ1n) is 11.2. The van der Waals surface area contributed by atoms with Gasteiger partial charge in [-0.2, -0.15) is 0 Å². The SMILES string of the molecule is Cc1ccc([C@]2(C)NC(=O)N(CC(=O)NC[C@@H](c3ccccc3)N3CCCC3)C2=O)cc1. The Labute approximate surface area is 188 Å². The summed E-state index contributed by atoms with van der Waals surface area (Å²) in [6.45, 7) is 5.77. The van der Waals surface area contributed by atoms with Gasteiger partial charge >= 0.3 is 6.03 Å². The number of hydrogen-bond donors (Lipinski definition) is 2. The molecular weight excluding hydrogens is 404 g/mol. The van der Waals surface area contributed by atoms with E-state index in [4.69, 9.17) is 0 Å². The van der Waals surface area contributed by atoms with Gasteiger partial charge in [-0.05, 0) is 50.9 Å². The van der Waals surface area contributed by atoms with Crippen LogP contribution in [0.15, 0.2) is 54.6 Å². The Morgan fingerprint density at radius 3 is 2.38 bits per heavy atom. The number of urea groups is 1. The van der Waals surface area contributed by atoms with E-state index in [1.54, 1.807) is 6.92 Å². The van der Waals surface area contributed by atoms with Gasteiger partial charge in [0.2, 0.25) is 5.91 Å². The highest BCUT2D eigenvalue weighted by Crippen LogP contribution is 2.29. The van der Waals surface area contributed by atoms with Crippen LogP contribution in [0.5, 0.6) is 0 Å². The minimum absolute atomic E-state index is 0.0728. The molecule has 2 aromatic carbocycles. The van der Waals surface area contributed by atoms with Crippen LogP contribution in [0.2, 0.25) is 0 Å². The van der Waals surface area contributed by atoms with Crippen molar-refractivity contribution in [3.63, 3.8) is 0 Å². The molecule has 168 valence electrons. The lowest BCUT2D eigenvalue weighted by molar-refractivity contribution is -0.134. The molecule has 0 unspecified atom stereocenters. The van der Waals surface area contributed by atoms with Crippen molar-refractivity contribution >= 4 is 17.8 Å². The predicted octanol–water partition coefficient (Wildman–Crippen LogP) is 2.72. The molecular formula is C25H30N4O3. The normalized spacial score (nSPS) is 22.1. The van der Waals surface area contributed by atoms with Gasteiger partial charge in [-0.1, -0.05) is 60.2 Å². The molecule has 0 aliphatic carbocycles. The van der Waals surface area contributed by atoms with Crippen molar-refractivity contribution in [3.8, 4) is 0 Å². The third-order valence-corrected chi connectivity index (χ3v) is 6.46. The van der Waals surface area contributed by atoms with Gasteiger partial charge in [0, 0.05) is 6.54 Å². The number of nitrogens with one attached hydrogen (secondary N) is 2. The molecule has 2 aromatic rings. The van der Waals surface area contributed by atoms with Gasteiger partial charge in [-0.3, -0.25) is 19.4 Å². The summed E-state index contributed by atoms with van der Waals surface area (Å²) in [5.74, 6) is -0.762. The molecule has 0 aromatic heterocycles. The maximum atomic E-state index is 13.1. The molecule has 4 rings (SSSR count). The second-order valence-corrected chi connectivity index (χ2v) is 8.79. The predicted molar refractivity (Wildman–Crippen MR) is 122 cm³/mol. The van der Waals surface area contributed by atoms with E-state index in [9.17, 15) is 14.4 Å². The summed E-state index contributed by atoms with van der Waals surface area (Å²) in [7, 11) is 0. The molecule has 2 saturated heterocycles. The topological polar surface area (TPSA) is 81.8 Å². The van der Waals surface area contributed by atoms with E-state index in [1.807, 2.05) is 49.4 Å². The van der Waals surface area contributed by atoms with Crippen LogP contribution in [0.25, 0.3) is 0 Å².